The largest absolute Gasteiger partial charge is 0.496 e. The molecule has 0 saturated heterocycles. The fraction of sp³-hybridized carbons (Fsp3) is 0.400. The number of ether oxygens (including phenoxy) is 2. The Morgan fingerprint density at radius 3 is 2.60 bits per heavy atom. The van der Waals surface area contributed by atoms with Crippen molar-refractivity contribution in [3.63, 3.8) is 0 Å². The van der Waals surface area contributed by atoms with Gasteiger partial charge in [-0.1, -0.05) is 49.6 Å². The maximum Gasteiger partial charge on any atom is 0.434 e. The average Bonchev–Trinajstić information content (AvgIpc) is 3.61. The normalized spacial score (nSPS) is 18.7. The molecule has 4 heterocycles. The van der Waals surface area contributed by atoms with Gasteiger partial charge in [-0.25, -0.2) is 24.8 Å². The SMILES string of the molecule is COc1ccccc1C(C)(OC)c1nc2nc(-c3n[nH]c(=O)o3)nc(-c3cncc(Cl)c3)c2n1CC1CCC(C)CC1. The second-order valence-electron chi connectivity index (χ2n) is 11.0. The number of nitrogens with one attached hydrogen (secondary N) is 1. The number of para-hydroxylation sites is 1. The Labute approximate surface area is 247 Å². The van der Waals surface area contributed by atoms with Crippen molar-refractivity contribution in [2.45, 2.75) is 51.7 Å². The molecule has 12 heteroatoms. The van der Waals surface area contributed by atoms with E-state index in [9.17, 15) is 4.79 Å². The van der Waals surface area contributed by atoms with Gasteiger partial charge in [0.1, 0.15) is 22.8 Å². The molecule has 1 atom stereocenters. The number of aromatic nitrogens is 7. The summed E-state index contributed by atoms with van der Waals surface area (Å²) >= 11 is 6.39. The number of methoxy groups -OCH3 is 2. The van der Waals surface area contributed by atoms with Crippen LogP contribution < -0.4 is 10.5 Å². The van der Waals surface area contributed by atoms with E-state index in [1.807, 2.05) is 31.2 Å². The van der Waals surface area contributed by atoms with Crippen LogP contribution in [0.1, 0.15) is 50.9 Å². The van der Waals surface area contributed by atoms with Crippen LogP contribution in [0.3, 0.4) is 0 Å². The summed E-state index contributed by atoms with van der Waals surface area (Å²) in [5.74, 6) is 1.81. The third-order valence-electron chi connectivity index (χ3n) is 8.24. The molecule has 1 aromatic carbocycles. The Morgan fingerprint density at radius 1 is 1.12 bits per heavy atom. The quantitative estimate of drug-likeness (QED) is 0.244. The van der Waals surface area contributed by atoms with Crippen molar-refractivity contribution in [1.29, 1.82) is 0 Å². The number of fused-ring (bicyclic) bond motifs is 1. The zero-order chi connectivity index (χ0) is 29.4. The van der Waals surface area contributed by atoms with E-state index in [0.29, 0.717) is 57.4 Å². The van der Waals surface area contributed by atoms with Crippen molar-refractivity contribution in [2.75, 3.05) is 14.2 Å². The van der Waals surface area contributed by atoms with Gasteiger partial charge in [0.15, 0.2) is 11.2 Å². The Kier molecular flexibility index (Phi) is 7.54. The van der Waals surface area contributed by atoms with Crippen molar-refractivity contribution in [2.24, 2.45) is 11.8 Å². The lowest BCUT2D eigenvalue weighted by molar-refractivity contribution is 0.0258. The minimum Gasteiger partial charge on any atom is -0.496 e. The molecule has 5 aromatic rings. The summed E-state index contributed by atoms with van der Waals surface area (Å²) in [5.41, 5.74) is 2.11. The number of aromatic amines is 1. The zero-order valence-corrected chi connectivity index (χ0v) is 24.7. The minimum absolute atomic E-state index is 0.0465. The molecule has 6 rings (SSSR count). The first kappa shape index (κ1) is 28.0. The van der Waals surface area contributed by atoms with Crippen molar-refractivity contribution in [3.8, 4) is 28.7 Å². The van der Waals surface area contributed by atoms with Crippen LogP contribution in [0.5, 0.6) is 5.75 Å². The molecule has 42 heavy (non-hydrogen) atoms. The third-order valence-corrected chi connectivity index (χ3v) is 8.45. The van der Waals surface area contributed by atoms with Crippen LogP contribution in [0.2, 0.25) is 5.02 Å². The summed E-state index contributed by atoms with van der Waals surface area (Å²) in [6.07, 6.45) is 7.79. The molecule has 0 aliphatic heterocycles. The van der Waals surface area contributed by atoms with Gasteiger partial charge in [-0.3, -0.25) is 4.98 Å². The van der Waals surface area contributed by atoms with Crippen LogP contribution in [0.15, 0.2) is 51.9 Å². The Balaban J connectivity index is 1.66. The summed E-state index contributed by atoms with van der Waals surface area (Å²) in [5, 5.41) is 6.70. The number of halogens is 1. The monoisotopic (exact) mass is 589 g/mol. The number of rotatable bonds is 8. The van der Waals surface area contributed by atoms with Gasteiger partial charge in [-0.15, -0.1) is 5.10 Å². The zero-order valence-electron chi connectivity index (χ0n) is 23.9. The molecule has 0 radical (unpaired) electrons. The summed E-state index contributed by atoms with van der Waals surface area (Å²) in [7, 11) is 3.30. The van der Waals surface area contributed by atoms with Crippen LogP contribution in [-0.2, 0) is 16.9 Å². The predicted molar refractivity (Wildman–Crippen MR) is 157 cm³/mol. The molecule has 1 fully saturated rings. The fourth-order valence-electron chi connectivity index (χ4n) is 5.87. The first-order valence-electron chi connectivity index (χ1n) is 13.9. The Hall–Kier alpha value is -4.09. The molecule has 0 spiro atoms. The van der Waals surface area contributed by atoms with Gasteiger partial charge in [0, 0.05) is 37.2 Å². The molecule has 0 bridgehead atoms. The summed E-state index contributed by atoms with van der Waals surface area (Å²) < 4.78 is 19.4. The van der Waals surface area contributed by atoms with E-state index in [-0.39, 0.29) is 11.7 Å². The Morgan fingerprint density at radius 2 is 1.90 bits per heavy atom. The smallest absolute Gasteiger partial charge is 0.434 e. The average molecular weight is 590 g/mol. The van der Waals surface area contributed by atoms with Gasteiger partial charge in [0.2, 0.25) is 5.82 Å². The number of hydrogen-bond acceptors (Lipinski definition) is 9. The maximum absolute atomic E-state index is 11.8. The first-order valence-corrected chi connectivity index (χ1v) is 14.3. The number of nitrogens with zero attached hydrogens (tertiary/aromatic N) is 6. The van der Waals surface area contributed by atoms with E-state index in [1.165, 1.54) is 12.8 Å². The van der Waals surface area contributed by atoms with Crippen LogP contribution in [0, 0.1) is 11.8 Å². The predicted octanol–water partition coefficient (Wildman–Crippen LogP) is 5.63. The molecular weight excluding hydrogens is 558 g/mol. The molecule has 1 N–H and O–H groups in total. The topological polar surface area (TPSA) is 134 Å². The molecule has 1 unspecified atom stereocenters. The van der Waals surface area contributed by atoms with E-state index in [0.717, 1.165) is 18.4 Å². The number of H-pyrrole nitrogens is 1. The molecule has 218 valence electrons. The minimum atomic E-state index is -1.02. The number of benzene rings is 1. The second kappa shape index (κ2) is 11.3. The molecule has 0 amide bonds. The third kappa shape index (κ3) is 5.07. The van der Waals surface area contributed by atoms with Gasteiger partial charge < -0.3 is 18.5 Å². The van der Waals surface area contributed by atoms with Crippen molar-refractivity contribution < 1.29 is 13.9 Å². The molecule has 1 saturated carbocycles. The summed E-state index contributed by atoms with van der Waals surface area (Å²) in [6, 6.07) is 9.54. The highest BCUT2D eigenvalue weighted by Gasteiger charge is 2.39. The van der Waals surface area contributed by atoms with Gasteiger partial charge in [0.05, 0.1) is 12.1 Å². The lowest BCUT2D eigenvalue weighted by Crippen LogP contribution is -2.32. The van der Waals surface area contributed by atoms with Gasteiger partial charge in [-0.2, -0.15) is 0 Å². The standard InChI is InChI=1S/C30H32ClN7O4/c1-17-9-11-18(12-10-17)16-38-24-23(19-13-20(31)15-32-14-19)33-26(27-36-37-29(39)42-27)34-25(24)35-28(38)30(2,41-4)21-7-5-6-8-22(21)40-3/h5-8,13-15,17-18H,9-12,16H2,1-4H3,(H,37,39). The van der Waals surface area contributed by atoms with Gasteiger partial charge in [0.25, 0.3) is 5.89 Å². The van der Waals surface area contributed by atoms with Crippen LogP contribution in [0.4, 0.5) is 0 Å². The highest BCUT2D eigenvalue weighted by molar-refractivity contribution is 6.30. The van der Waals surface area contributed by atoms with Crippen molar-refractivity contribution in [3.05, 3.63) is 69.7 Å². The first-order chi connectivity index (χ1) is 20.3. The number of imidazole rings is 1. The van der Waals surface area contributed by atoms with E-state index in [2.05, 4.69) is 26.7 Å². The lowest BCUT2D eigenvalue weighted by Gasteiger charge is -2.32. The summed E-state index contributed by atoms with van der Waals surface area (Å²) in [4.78, 5) is 30.8. The Bertz CT molecular complexity index is 1790. The van der Waals surface area contributed by atoms with Crippen LogP contribution in [-0.4, -0.2) is 48.9 Å². The maximum atomic E-state index is 11.8. The second-order valence-corrected chi connectivity index (χ2v) is 11.4. The molecule has 4 aromatic heterocycles. The summed E-state index contributed by atoms with van der Waals surface area (Å²) in [6.45, 7) is 4.98. The lowest BCUT2D eigenvalue weighted by atomic mass is 9.83. The molecular formula is C30H32ClN7O4. The van der Waals surface area contributed by atoms with Crippen LogP contribution in [0.25, 0.3) is 34.1 Å². The van der Waals surface area contributed by atoms with E-state index in [1.54, 1.807) is 32.7 Å². The number of hydrogen-bond donors (Lipinski definition) is 1. The van der Waals surface area contributed by atoms with Crippen LogP contribution >= 0.6 is 11.6 Å². The number of pyridine rings is 1. The highest BCUT2D eigenvalue weighted by Crippen LogP contribution is 2.42. The van der Waals surface area contributed by atoms with E-state index < -0.39 is 11.4 Å². The molecule has 11 nitrogen and oxygen atoms in total. The fourth-order valence-corrected chi connectivity index (χ4v) is 6.05. The van der Waals surface area contributed by atoms with E-state index >= 15 is 0 Å². The van der Waals surface area contributed by atoms with E-state index in [4.69, 9.17) is 40.4 Å². The highest BCUT2D eigenvalue weighted by atomic mass is 35.5. The van der Waals surface area contributed by atoms with Gasteiger partial charge in [-0.05, 0) is 43.7 Å². The van der Waals surface area contributed by atoms with Crippen molar-refractivity contribution in [1.82, 2.24) is 34.7 Å². The van der Waals surface area contributed by atoms with Crippen molar-refractivity contribution >= 4 is 22.8 Å². The van der Waals surface area contributed by atoms with Gasteiger partial charge >= 0.3 is 5.76 Å². The molecule has 1 aliphatic carbocycles. The molecule has 1 aliphatic rings.